The molecule has 0 fully saturated rings. The number of hydrogen-bond acceptors (Lipinski definition) is 4. The Kier molecular flexibility index (Phi) is 3.73. The van der Waals surface area contributed by atoms with Crippen LogP contribution in [0, 0.1) is 20.8 Å². The Bertz CT molecular complexity index is 760. The van der Waals surface area contributed by atoms with Gasteiger partial charge < -0.3 is 14.9 Å². The van der Waals surface area contributed by atoms with E-state index in [1.165, 1.54) is 0 Å². The maximum atomic E-state index is 10.6. The first-order valence-corrected chi connectivity index (χ1v) is 8.25. The van der Waals surface area contributed by atoms with E-state index in [0.717, 1.165) is 39.4 Å². The van der Waals surface area contributed by atoms with Crippen LogP contribution in [-0.2, 0) is 0 Å². The molecule has 3 rings (SSSR count). The Labute approximate surface area is 141 Å². The number of aliphatic hydroxyl groups is 1. The highest BCUT2D eigenvalue weighted by Gasteiger charge is 2.40. The van der Waals surface area contributed by atoms with Crippen LogP contribution >= 0.6 is 11.6 Å². The minimum Gasteiger partial charge on any atom is -0.390 e. The molecule has 0 spiro atoms. The molecular formula is C18H23ClN2O2. The lowest BCUT2D eigenvalue weighted by Crippen LogP contribution is -2.50. The molecule has 0 radical (unpaired) electrons. The monoisotopic (exact) mass is 334 g/mol. The summed E-state index contributed by atoms with van der Waals surface area (Å²) in [5.41, 5.74) is 5.37. The van der Waals surface area contributed by atoms with Gasteiger partial charge in [0, 0.05) is 22.7 Å². The highest BCUT2D eigenvalue weighted by molar-refractivity contribution is 6.34. The molecule has 1 aliphatic heterocycles. The standard InChI is InChI=1S/C18H23ClN2O2/c1-8-12-7-13(14-10(3)21-23-11(14)4)15(19)9(2)16(12)20-18(5,6)17(8)22/h7-8,17,20,22H,1-6H3. The summed E-state index contributed by atoms with van der Waals surface area (Å²) in [5, 5.41) is 18.8. The van der Waals surface area contributed by atoms with Crippen molar-refractivity contribution in [1.29, 1.82) is 0 Å². The second kappa shape index (κ2) is 5.25. The van der Waals surface area contributed by atoms with Gasteiger partial charge in [-0.2, -0.15) is 0 Å². The zero-order valence-corrected chi connectivity index (χ0v) is 15.2. The normalized spacial score (nSPS) is 22.6. The second-order valence-corrected chi connectivity index (χ2v) is 7.48. The number of rotatable bonds is 1. The van der Waals surface area contributed by atoms with Crippen molar-refractivity contribution in [3.63, 3.8) is 0 Å². The van der Waals surface area contributed by atoms with E-state index in [9.17, 15) is 5.11 Å². The fourth-order valence-electron chi connectivity index (χ4n) is 3.58. The van der Waals surface area contributed by atoms with Crippen LogP contribution in [-0.4, -0.2) is 21.9 Å². The number of hydrogen-bond donors (Lipinski definition) is 2. The lowest BCUT2D eigenvalue weighted by atomic mass is 9.77. The molecule has 124 valence electrons. The third-order valence-electron chi connectivity index (χ3n) is 4.98. The van der Waals surface area contributed by atoms with Crippen LogP contribution in [0.5, 0.6) is 0 Å². The van der Waals surface area contributed by atoms with Crippen LogP contribution in [0.15, 0.2) is 10.6 Å². The van der Waals surface area contributed by atoms with Crippen LogP contribution < -0.4 is 5.32 Å². The molecule has 0 amide bonds. The number of aryl methyl sites for hydroxylation is 2. The van der Waals surface area contributed by atoms with E-state index >= 15 is 0 Å². The molecule has 4 nitrogen and oxygen atoms in total. The topological polar surface area (TPSA) is 58.3 Å². The van der Waals surface area contributed by atoms with Crippen molar-refractivity contribution >= 4 is 17.3 Å². The first kappa shape index (κ1) is 16.3. The minimum absolute atomic E-state index is 0.0106. The molecule has 0 aliphatic carbocycles. The van der Waals surface area contributed by atoms with Crippen molar-refractivity contribution in [2.45, 2.75) is 59.1 Å². The first-order chi connectivity index (χ1) is 10.6. The molecular weight excluding hydrogens is 312 g/mol. The van der Waals surface area contributed by atoms with E-state index in [2.05, 4.69) is 23.5 Å². The van der Waals surface area contributed by atoms with E-state index in [-0.39, 0.29) is 5.92 Å². The summed E-state index contributed by atoms with van der Waals surface area (Å²) < 4.78 is 5.30. The van der Waals surface area contributed by atoms with Crippen molar-refractivity contribution in [3.8, 4) is 11.1 Å². The largest absolute Gasteiger partial charge is 0.390 e. The minimum atomic E-state index is -0.479. The first-order valence-electron chi connectivity index (χ1n) is 7.87. The van der Waals surface area contributed by atoms with Gasteiger partial charge in [-0.25, -0.2) is 0 Å². The molecule has 1 aliphatic rings. The van der Waals surface area contributed by atoms with Gasteiger partial charge >= 0.3 is 0 Å². The van der Waals surface area contributed by atoms with Gasteiger partial charge in [0.15, 0.2) is 0 Å². The summed E-state index contributed by atoms with van der Waals surface area (Å²) in [6, 6.07) is 2.06. The lowest BCUT2D eigenvalue weighted by Gasteiger charge is -2.43. The number of aromatic nitrogens is 1. The fourth-order valence-corrected chi connectivity index (χ4v) is 3.83. The molecule has 0 saturated carbocycles. The van der Waals surface area contributed by atoms with Crippen LogP contribution in [0.2, 0.25) is 5.02 Å². The summed E-state index contributed by atoms with van der Waals surface area (Å²) in [6.45, 7) is 11.9. The van der Waals surface area contributed by atoms with Crippen molar-refractivity contribution in [1.82, 2.24) is 5.16 Å². The van der Waals surface area contributed by atoms with E-state index in [0.29, 0.717) is 5.02 Å². The van der Waals surface area contributed by atoms with Gasteiger partial charge in [0.1, 0.15) is 5.76 Å². The highest BCUT2D eigenvalue weighted by Crippen LogP contribution is 2.46. The second-order valence-electron chi connectivity index (χ2n) is 7.11. The van der Waals surface area contributed by atoms with Crippen LogP contribution in [0.4, 0.5) is 5.69 Å². The fraction of sp³-hybridized carbons (Fsp3) is 0.500. The Balaban J connectivity index is 2.27. The van der Waals surface area contributed by atoms with Crippen molar-refractivity contribution in [2.75, 3.05) is 5.32 Å². The molecule has 1 aromatic carbocycles. The van der Waals surface area contributed by atoms with E-state index in [1.54, 1.807) is 0 Å². The molecule has 2 atom stereocenters. The number of halogens is 1. The van der Waals surface area contributed by atoms with Crippen molar-refractivity contribution in [2.24, 2.45) is 0 Å². The summed E-state index contributed by atoms with van der Waals surface area (Å²) in [7, 11) is 0. The van der Waals surface area contributed by atoms with E-state index < -0.39 is 11.6 Å². The number of nitrogens with one attached hydrogen (secondary N) is 1. The molecule has 5 heteroatoms. The van der Waals surface area contributed by atoms with Crippen molar-refractivity contribution in [3.05, 3.63) is 33.7 Å². The number of benzene rings is 1. The SMILES string of the molecule is Cc1noc(C)c1-c1cc2c(c(C)c1Cl)NC(C)(C)C(O)C2C. The lowest BCUT2D eigenvalue weighted by molar-refractivity contribution is 0.0869. The summed E-state index contributed by atoms with van der Waals surface area (Å²) in [5.74, 6) is 0.762. The smallest absolute Gasteiger partial charge is 0.141 e. The summed E-state index contributed by atoms with van der Waals surface area (Å²) in [4.78, 5) is 0. The highest BCUT2D eigenvalue weighted by atomic mass is 35.5. The molecule has 2 unspecified atom stereocenters. The molecule has 2 N–H and O–H groups in total. The summed E-state index contributed by atoms with van der Waals surface area (Å²) >= 11 is 6.67. The van der Waals surface area contributed by atoms with Gasteiger partial charge in [-0.05, 0) is 51.8 Å². The number of fused-ring (bicyclic) bond motifs is 1. The quantitative estimate of drug-likeness (QED) is 0.800. The third-order valence-corrected chi connectivity index (χ3v) is 5.47. The van der Waals surface area contributed by atoms with Crippen LogP contribution in [0.1, 0.15) is 49.3 Å². The average Bonchev–Trinajstić information content (AvgIpc) is 2.81. The van der Waals surface area contributed by atoms with Crippen molar-refractivity contribution < 1.29 is 9.63 Å². The zero-order valence-electron chi connectivity index (χ0n) is 14.4. The third kappa shape index (κ3) is 2.36. The van der Waals surface area contributed by atoms with E-state index in [1.807, 2.05) is 34.6 Å². The molecule has 0 bridgehead atoms. The maximum absolute atomic E-state index is 10.6. The maximum Gasteiger partial charge on any atom is 0.141 e. The Morgan fingerprint density at radius 2 is 1.96 bits per heavy atom. The van der Waals surface area contributed by atoms with E-state index in [4.69, 9.17) is 16.1 Å². The number of nitrogens with zero attached hydrogens (tertiary/aromatic N) is 1. The zero-order chi connectivity index (χ0) is 17.1. The van der Waals surface area contributed by atoms with Crippen LogP contribution in [0.25, 0.3) is 11.1 Å². The molecule has 0 saturated heterocycles. The Hall–Kier alpha value is -1.52. The number of aliphatic hydroxyl groups excluding tert-OH is 1. The average molecular weight is 335 g/mol. The summed E-state index contributed by atoms with van der Waals surface area (Å²) in [6.07, 6.45) is -0.479. The van der Waals surface area contributed by atoms with Gasteiger partial charge in [-0.3, -0.25) is 0 Å². The van der Waals surface area contributed by atoms with Crippen LogP contribution in [0.3, 0.4) is 0 Å². The predicted octanol–water partition coefficient (Wildman–Crippen LogP) is 4.59. The molecule has 1 aromatic heterocycles. The molecule has 23 heavy (non-hydrogen) atoms. The Morgan fingerprint density at radius 1 is 1.30 bits per heavy atom. The van der Waals surface area contributed by atoms with Gasteiger partial charge in [-0.15, -0.1) is 0 Å². The van der Waals surface area contributed by atoms with Gasteiger partial charge in [0.25, 0.3) is 0 Å². The van der Waals surface area contributed by atoms with Gasteiger partial charge in [-0.1, -0.05) is 23.7 Å². The van der Waals surface area contributed by atoms with Gasteiger partial charge in [0.05, 0.1) is 22.4 Å². The van der Waals surface area contributed by atoms with Gasteiger partial charge in [0.2, 0.25) is 0 Å². The molecule has 2 aromatic rings. The number of anilines is 1. The molecule has 2 heterocycles. The predicted molar refractivity (Wildman–Crippen MR) is 93.3 cm³/mol. The Morgan fingerprint density at radius 3 is 2.52 bits per heavy atom.